The number of nitrogens with one attached hydrogen (secondary N) is 2. The van der Waals surface area contributed by atoms with Crippen LogP contribution in [0.4, 0.5) is 10.5 Å². The van der Waals surface area contributed by atoms with Crippen LogP contribution in [0.2, 0.25) is 0 Å². The topological polar surface area (TPSA) is 118 Å². The second-order valence-corrected chi connectivity index (χ2v) is 5.31. The number of imide groups is 1. The summed E-state index contributed by atoms with van der Waals surface area (Å²) in [5, 5.41) is 5.40. The minimum Gasteiger partial charge on any atom is -0.490 e. The highest BCUT2D eigenvalue weighted by Gasteiger charge is 2.27. The van der Waals surface area contributed by atoms with Crippen LogP contribution in [0.15, 0.2) is 23.2 Å². The molecule has 0 unspecified atom stereocenters. The summed E-state index contributed by atoms with van der Waals surface area (Å²) < 4.78 is 11.2. The Balaban J connectivity index is 1.56. The van der Waals surface area contributed by atoms with Gasteiger partial charge in [0.1, 0.15) is 0 Å². The highest BCUT2D eigenvalue weighted by Crippen LogP contribution is 2.32. The van der Waals surface area contributed by atoms with Gasteiger partial charge in [-0.2, -0.15) is 0 Å². The monoisotopic (exact) mass is 333 g/mol. The second kappa shape index (κ2) is 7.07. The molecular weight excluding hydrogens is 314 g/mol. The van der Waals surface area contributed by atoms with Gasteiger partial charge in [-0.1, -0.05) is 0 Å². The summed E-state index contributed by atoms with van der Waals surface area (Å²) in [6, 6.07) is 5.02. The molecule has 128 valence electrons. The van der Waals surface area contributed by atoms with E-state index in [-0.39, 0.29) is 31.5 Å². The second-order valence-electron chi connectivity index (χ2n) is 5.31. The largest absolute Gasteiger partial charge is 0.490 e. The Morgan fingerprint density at radius 3 is 2.83 bits per heavy atom. The fourth-order valence-corrected chi connectivity index (χ4v) is 2.38. The van der Waals surface area contributed by atoms with Crippen molar-refractivity contribution in [2.45, 2.75) is 6.42 Å². The van der Waals surface area contributed by atoms with Crippen molar-refractivity contribution < 1.29 is 19.1 Å². The van der Waals surface area contributed by atoms with Gasteiger partial charge in [-0.15, -0.1) is 0 Å². The molecule has 0 spiro atoms. The fourth-order valence-electron chi connectivity index (χ4n) is 2.38. The fraction of sp³-hybridized carbons (Fsp3) is 0.400. The first kappa shape index (κ1) is 15.9. The smallest absolute Gasteiger partial charge is 0.324 e. The van der Waals surface area contributed by atoms with Gasteiger partial charge in [0.05, 0.1) is 32.8 Å². The zero-order valence-electron chi connectivity index (χ0n) is 13.1. The Morgan fingerprint density at radius 2 is 2.08 bits per heavy atom. The van der Waals surface area contributed by atoms with Crippen molar-refractivity contribution >= 4 is 23.6 Å². The molecule has 0 radical (unpaired) electrons. The average molecular weight is 333 g/mol. The van der Waals surface area contributed by atoms with Gasteiger partial charge in [0.15, 0.2) is 17.5 Å². The molecule has 24 heavy (non-hydrogen) atoms. The van der Waals surface area contributed by atoms with Crippen molar-refractivity contribution in [3.8, 4) is 11.5 Å². The van der Waals surface area contributed by atoms with Gasteiger partial charge in [-0.05, 0) is 12.1 Å². The highest BCUT2D eigenvalue weighted by atomic mass is 16.5. The van der Waals surface area contributed by atoms with E-state index in [0.717, 1.165) is 17.0 Å². The Kier molecular flexibility index (Phi) is 4.69. The first-order chi connectivity index (χ1) is 11.6. The van der Waals surface area contributed by atoms with Crippen LogP contribution in [-0.2, 0) is 4.79 Å². The molecule has 1 aromatic rings. The molecule has 4 N–H and O–H groups in total. The number of anilines is 1. The maximum absolute atomic E-state index is 11.4. The molecule has 1 fully saturated rings. The third kappa shape index (κ3) is 3.67. The molecule has 3 rings (SSSR count). The molecular formula is C15H19N5O4. The van der Waals surface area contributed by atoms with Gasteiger partial charge in [-0.3, -0.25) is 14.7 Å². The van der Waals surface area contributed by atoms with Crippen molar-refractivity contribution in [1.82, 2.24) is 10.2 Å². The molecule has 0 bridgehead atoms. The third-order valence-electron chi connectivity index (χ3n) is 3.56. The summed E-state index contributed by atoms with van der Waals surface area (Å²) in [6.45, 7) is 1.68. The average Bonchev–Trinajstić information content (AvgIpc) is 2.77. The van der Waals surface area contributed by atoms with E-state index >= 15 is 0 Å². The van der Waals surface area contributed by atoms with Gasteiger partial charge >= 0.3 is 6.03 Å². The minimum atomic E-state index is -0.398. The lowest BCUT2D eigenvalue weighted by atomic mass is 10.3. The van der Waals surface area contributed by atoms with E-state index < -0.39 is 6.03 Å². The zero-order chi connectivity index (χ0) is 16.9. The number of aliphatic imine (C=N–C) groups is 1. The summed E-state index contributed by atoms with van der Waals surface area (Å²) in [4.78, 5) is 28.1. The van der Waals surface area contributed by atoms with Gasteiger partial charge in [-0.25, -0.2) is 4.79 Å². The lowest BCUT2D eigenvalue weighted by Crippen LogP contribution is -2.34. The number of hydrogen-bond donors (Lipinski definition) is 3. The first-order valence-electron chi connectivity index (χ1n) is 7.68. The molecule has 9 nitrogen and oxygen atoms in total. The predicted molar refractivity (Wildman–Crippen MR) is 87.3 cm³/mol. The Labute approximate surface area is 138 Å². The molecule has 1 saturated heterocycles. The van der Waals surface area contributed by atoms with E-state index in [1.807, 2.05) is 12.1 Å². The summed E-state index contributed by atoms with van der Waals surface area (Å²) >= 11 is 0. The lowest BCUT2D eigenvalue weighted by molar-refractivity contribution is -0.124. The van der Waals surface area contributed by atoms with Crippen LogP contribution in [0.25, 0.3) is 0 Å². The van der Waals surface area contributed by atoms with Crippen molar-refractivity contribution in [1.29, 1.82) is 0 Å². The van der Waals surface area contributed by atoms with Crippen LogP contribution >= 0.6 is 0 Å². The number of nitrogens with zero attached hydrogens (tertiary/aromatic N) is 2. The number of fused-ring (bicyclic) bond motifs is 1. The number of nitrogens with two attached hydrogens (primary N) is 1. The summed E-state index contributed by atoms with van der Waals surface area (Å²) in [5.74, 6) is 1.29. The Hall–Kier alpha value is -2.97. The van der Waals surface area contributed by atoms with Crippen LogP contribution in [-0.4, -0.2) is 55.6 Å². The van der Waals surface area contributed by atoms with E-state index in [4.69, 9.17) is 15.2 Å². The van der Waals surface area contributed by atoms with Crippen LogP contribution in [0.3, 0.4) is 0 Å². The van der Waals surface area contributed by atoms with Gasteiger partial charge in [0, 0.05) is 18.2 Å². The number of rotatable bonds is 4. The molecule has 1 aromatic carbocycles. The molecule has 2 aliphatic rings. The summed E-state index contributed by atoms with van der Waals surface area (Å²) in [5.41, 5.74) is 6.55. The Morgan fingerprint density at radius 1 is 1.29 bits per heavy atom. The van der Waals surface area contributed by atoms with E-state index in [2.05, 4.69) is 15.6 Å². The molecule has 2 heterocycles. The summed E-state index contributed by atoms with van der Waals surface area (Å²) in [7, 11) is 0. The number of benzene rings is 1. The van der Waals surface area contributed by atoms with Crippen molar-refractivity contribution in [2.75, 3.05) is 38.2 Å². The third-order valence-corrected chi connectivity index (χ3v) is 3.56. The number of urea groups is 1. The SMILES string of the molecule is NC(=NCCN1C(=O)CNC1=O)Nc1ccc2c(c1)OCCCO2. The normalized spacial score (nSPS) is 17.5. The molecule has 3 amide bonds. The maximum atomic E-state index is 11.4. The lowest BCUT2D eigenvalue weighted by Gasteiger charge is -2.12. The standard InChI is InChI=1S/C15H19N5O4/c16-14(17-4-5-20-13(21)9-18-15(20)22)19-10-2-3-11-12(8-10)24-7-1-6-23-11/h2-3,8H,1,4-7,9H2,(H,18,22)(H3,16,17,19). The van der Waals surface area contributed by atoms with Gasteiger partial charge < -0.3 is 25.8 Å². The van der Waals surface area contributed by atoms with Crippen LogP contribution < -0.4 is 25.8 Å². The van der Waals surface area contributed by atoms with Gasteiger partial charge in [0.25, 0.3) is 0 Å². The molecule has 2 aliphatic heterocycles. The van der Waals surface area contributed by atoms with Crippen LogP contribution in [0, 0.1) is 0 Å². The van der Waals surface area contributed by atoms with Crippen molar-refractivity contribution in [3.63, 3.8) is 0 Å². The number of guanidine groups is 1. The van der Waals surface area contributed by atoms with Crippen molar-refractivity contribution in [3.05, 3.63) is 18.2 Å². The van der Waals surface area contributed by atoms with Gasteiger partial charge in [0.2, 0.25) is 5.91 Å². The van der Waals surface area contributed by atoms with E-state index in [1.165, 1.54) is 0 Å². The molecule has 0 aromatic heterocycles. The number of amides is 3. The molecule has 0 aliphatic carbocycles. The number of ether oxygens (including phenoxy) is 2. The Bertz CT molecular complexity index is 660. The van der Waals surface area contributed by atoms with Crippen LogP contribution in [0.5, 0.6) is 11.5 Å². The number of hydrogen-bond acceptors (Lipinski definition) is 5. The van der Waals surface area contributed by atoms with Crippen LogP contribution in [0.1, 0.15) is 6.42 Å². The number of carbonyl (C=O) groups excluding carboxylic acids is 2. The quantitative estimate of drug-likeness (QED) is 0.409. The minimum absolute atomic E-state index is 0.0352. The number of carbonyl (C=O) groups is 2. The van der Waals surface area contributed by atoms with Crippen molar-refractivity contribution in [2.24, 2.45) is 10.7 Å². The predicted octanol–water partition coefficient (Wildman–Crippen LogP) is 0.126. The molecule has 0 atom stereocenters. The molecule has 0 saturated carbocycles. The van der Waals surface area contributed by atoms with E-state index in [0.29, 0.717) is 24.7 Å². The first-order valence-corrected chi connectivity index (χ1v) is 7.68. The molecule has 9 heteroatoms. The highest BCUT2D eigenvalue weighted by molar-refractivity contribution is 6.02. The maximum Gasteiger partial charge on any atom is 0.324 e. The summed E-state index contributed by atoms with van der Waals surface area (Å²) in [6.07, 6.45) is 0.837. The van der Waals surface area contributed by atoms with E-state index in [9.17, 15) is 9.59 Å². The van der Waals surface area contributed by atoms with E-state index in [1.54, 1.807) is 6.07 Å². The zero-order valence-corrected chi connectivity index (χ0v) is 13.1.